The average molecular weight is 383 g/mol. The molecule has 1 saturated heterocycles. The molecule has 0 bridgehead atoms. The van der Waals surface area contributed by atoms with Gasteiger partial charge < -0.3 is 14.8 Å². The van der Waals surface area contributed by atoms with Crippen molar-refractivity contribution in [2.75, 3.05) is 46.0 Å². The number of nitrogens with one attached hydrogen (secondary N) is 1. The fourth-order valence-electron chi connectivity index (χ4n) is 3.36. The van der Waals surface area contributed by atoms with Crippen molar-refractivity contribution < 1.29 is 14.3 Å². The lowest BCUT2D eigenvalue weighted by Crippen LogP contribution is -2.37. The Labute approximate surface area is 167 Å². The number of nitrogens with zero attached hydrogens (tertiary/aromatic N) is 1. The van der Waals surface area contributed by atoms with Crippen molar-refractivity contribution >= 4 is 5.91 Å². The predicted molar refractivity (Wildman–Crippen MR) is 110 cm³/mol. The molecule has 5 heteroatoms. The molecule has 0 aliphatic carbocycles. The van der Waals surface area contributed by atoms with Gasteiger partial charge in [0.1, 0.15) is 12.7 Å². The second-order valence-electron chi connectivity index (χ2n) is 7.02. The van der Waals surface area contributed by atoms with E-state index >= 15 is 0 Å². The van der Waals surface area contributed by atoms with Crippen LogP contribution in [0, 0.1) is 0 Å². The molecule has 3 rings (SSSR count). The number of unbranched alkanes of at least 4 members (excludes halogenated alkanes) is 1. The van der Waals surface area contributed by atoms with Gasteiger partial charge in [-0.1, -0.05) is 60.7 Å². The van der Waals surface area contributed by atoms with Gasteiger partial charge in [0.15, 0.2) is 0 Å². The minimum absolute atomic E-state index is 0.0535. The summed E-state index contributed by atoms with van der Waals surface area (Å²) in [5.74, 6) is -0.0664. The van der Waals surface area contributed by atoms with Gasteiger partial charge in [-0.3, -0.25) is 9.69 Å². The highest BCUT2D eigenvalue weighted by molar-refractivity contribution is 5.77. The van der Waals surface area contributed by atoms with E-state index in [1.807, 2.05) is 60.7 Å². The van der Waals surface area contributed by atoms with Crippen LogP contribution in [-0.4, -0.2) is 56.8 Å². The van der Waals surface area contributed by atoms with Gasteiger partial charge in [0.05, 0.1) is 13.2 Å². The SMILES string of the molecule is O=C(COC(c1ccccc1)c1ccccc1)NCCCCN1CCOCC1. The number of amides is 1. The minimum atomic E-state index is -0.241. The Hall–Kier alpha value is -2.21. The van der Waals surface area contributed by atoms with Crippen molar-refractivity contribution in [1.29, 1.82) is 0 Å². The van der Waals surface area contributed by atoms with Crippen molar-refractivity contribution in [3.8, 4) is 0 Å². The van der Waals surface area contributed by atoms with Gasteiger partial charge in [-0.15, -0.1) is 0 Å². The summed E-state index contributed by atoms with van der Waals surface area (Å²) in [6.07, 6.45) is 1.82. The summed E-state index contributed by atoms with van der Waals surface area (Å²) >= 11 is 0. The molecule has 150 valence electrons. The van der Waals surface area contributed by atoms with Gasteiger partial charge in [0, 0.05) is 19.6 Å². The maximum Gasteiger partial charge on any atom is 0.246 e. The van der Waals surface area contributed by atoms with Crippen LogP contribution in [0.3, 0.4) is 0 Å². The molecule has 2 aromatic carbocycles. The fraction of sp³-hybridized carbons (Fsp3) is 0.435. The monoisotopic (exact) mass is 382 g/mol. The number of rotatable bonds is 10. The number of hydrogen-bond acceptors (Lipinski definition) is 4. The lowest BCUT2D eigenvalue weighted by molar-refractivity contribution is -0.127. The minimum Gasteiger partial charge on any atom is -0.379 e. The highest BCUT2D eigenvalue weighted by atomic mass is 16.5. The molecule has 0 unspecified atom stereocenters. The molecule has 0 atom stereocenters. The highest BCUT2D eigenvalue weighted by Gasteiger charge is 2.16. The summed E-state index contributed by atoms with van der Waals surface area (Å²) in [6, 6.07) is 20.0. The van der Waals surface area contributed by atoms with E-state index in [1.165, 1.54) is 0 Å². The van der Waals surface area contributed by atoms with Crippen LogP contribution in [0.15, 0.2) is 60.7 Å². The number of carbonyl (C=O) groups is 1. The van der Waals surface area contributed by atoms with Crippen molar-refractivity contribution in [1.82, 2.24) is 10.2 Å². The van der Waals surface area contributed by atoms with E-state index in [9.17, 15) is 4.79 Å². The Bertz CT molecular complexity index is 648. The van der Waals surface area contributed by atoms with Crippen LogP contribution in [0.4, 0.5) is 0 Å². The first-order valence-corrected chi connectivity index (χ1v) is 10.1. The van der Waals surface area contributed by atoms with E-state index in [1.54, 1.807) is 0 Å². The Morgan fingerprint density at radius 2 is 1.57 bits per heavy atom. The molecule has 1 aliphatic heterocycles. The van der Waals surface area contributed by atoms with Crippen LogP contribution in [0.2, 0.25) is 0 Å². The number of carbonyl (C=O) groups excluding carboxylic acids is 1. The maximum absolute atomic E-state index is 12.2. The van der Waals surface area contributed by atoms with Crippen molar-refractivity contribution in [3.63, 3.8) is 0 Å². The molecule has 28 heavy (non-hydrogen) atoms. The standard InChI is InChI=1S/C23H30N2O3/c26-22(24-13-7-8-14-25-15-17-27-18-16-25)19-28-23(20-9-3-1-4-10-20)21-11-5-2-6-12-21/h1-6,9-12,23H,7-8,13-19H2,(H,24,26). The average Bonchev–Trinajstić information content (AvgIpc) is 2.76. The smallest absolute Gasteiger partial charge is 0.246 e. The zero-order valence-corrected chi connectivity index (χ0v) is 16.4. The van der Waals surface area contributed by atoms with Crippen LogP contribution in [0.1, 0.15) is 30.1 Å². The normalized spacial score (nSPS) is 14.9. The van der Waals surface area contributed by atoms with Gasteiger partial charge in [-0.25, -0.2) is 0 Å². The third-order valence-corrected chi connectivity index (χ3v) is 4.91. The van der Waals surface area contributed by atoms with Gasteiger partial charge in [0.25, 0.3) is 0 Å². The molecular weight excluding hydrogens is 352 g/mol. The fourth-order valence-corrected chi connectivity index (χ4v) is 3.36. The summed E-state index contributed by atoms with van der Waals surface area (Å²) in [5, 5.41) is 2.97. The second-order valence-corrected chi connectivity index (χ2v) is 7.02. The van der Waals surface area contributed by atoms with Crippen molar-refractivity contribution in [3.05, 3.63) is 71.8 Å². The quantitative estimate of drug-likeness (QED) is 0.642. The largest absolute Gasteiger partial charge is 0.379 e. The predicted octanol–water partition coefficient (Wildman–Crippen LogP) is 3.02. The molecule has 1 heterocycles. The van der Waals surface area contributed by atoms with Gasteiger partial charge >= 0.3 is 0 Å². The van der Waals surface area contributed by atoms with E-state index in [0.717, 1.165) is 56.8 Å². The molecule has 1 fully saturated rings. The van der Waals surface area contributed by atoms with E-state index < -0.39 is 0 Å². The Morgan fingerprint density at radius 3 is 2.18 bits per heavy atom. The number of ether oxygens (including phenoxy) is 2. The molecule has 1 N–H and O–H groups in total. The molecule has 0 aromatic heterocycles. The number of hydrogen-bond donors (Lipinski definition) is 1. The lowest BCUT2D eigenvalue weighted by Gasteiger charge is -2.26. The van der Waals surface area contributed by atoms with Crippen LogP contribution in [0.25, 0.3) is 0 Å². The molecule has 0 spiro atoms. The molecular formula is C23H30N2O3. The first-order chi connectivity index (χ1) is 13.8. The van der Waals surface area contributed by atoms with Crippen LogP contribution < -0.4 is 5.32 Å². The zero-order valence-electron chi connectivity index (χ0n) is 16.4. The zero-order chi connectivity index (χ0) is 19.4. The summed E-state index contributed by atoms with van der Waals surface area (Å²) in [7, 11) is 0. The molecule has 0 saturated carbocycles. The summed E-state index contributed by atoms with van der Waals surface area (Å²) in [6.45, 7) is 5.50. The maximum atomic E-state index is 12.2. The van der Waals surface area contributed by atoms with Gasteiger partial charge in [0.2, 0.25) is 5.91 Å². The van der Waals surface area contributed by atoms with E-state index in [0.29, 0.717) is 6.54 Å². The Morgan fingerprint density at radius 1 is 0.964 bits per heavy atom. The topological polar surface area (TPSA) is 50.8 Å². The molecule has 1 aliphatic rings. The van der Waals surface area contributed by atoms with Crippen LogP contribution >= 0.6 is 0 Å². The van der Waals surface area contributed by atoms with Gasteiger partial charge in [-0.2, -0.15) is 0 Å². The van der Waals surface area contributed by atoms with Crippen molar-refractivity contribution in [2.24, 2.45) is 0 Å². The van der Waals surface area contributed by atoms with E-state index in [2.05, 4.69) is 10.2 Å². The van der Waals surface area contributed by atoms with Gasteiger partial charge in [-0.05, 0) is 30.5 Å². The third kappa shape index (κ3) is 6.75. The lowest BCUT2D eigenvalue weighted by atomic mass is 10.0. The molecule has 2 aromatic rings. The Kier molecular flexibility index (Phi) is 8.50. The molecule has 0 radical (unpaired) electrons. The Balaban J connectivity index is 1.40. The number of morpholine rings is 1. The summed E-state index contributed by atoms with van der Waals surface area (Å²) in [4.78, 5) is 14.6. The van der Waals surface area contributed by atoms with E-state index in [-0.39, 0.29) is 18.6 Å². The second kappa shape index (κ2) is 11.6. The summed E-state index contributed by atoms with van der Waals surface area (Å²) < 4.78 is 11.4. The molecule has 5 nitrogen and oxygen atoms in total. The van der Waals surface area contributed by atoms with E-state index in [4.69, 9.17) is 9.47 Å². The summed E-state index contributed by atoms with van der Waals surface area (Å²) in [5.41, 5.74) is 2.10. The van der Waals surface area contributed by atoms with Crippen LogP contribution in [0.5, 0.6) is 0 Å². The first-order valence-electron chi connectivity index (χ1n) is 10.1. The third-order valence-electron chi connectivity index (χ3n) is 4.91. The van der Waals surface area contributed by atoms with Crippen LogP contribution in [-0.2, 0) is 14.3 Å². The first kappa shape index (κ1) is 20.5. The molecule has 1 amide bonds. The van der Waals surface area contributed by atoms with Crippen molar-refractivity contribution in [2.45, 2.75) is 18.9 Å². The number of benzene rings is 2. The highest BCUT2D eigenvalue weighted by Crippen LogP contribution is 2.25.